The minimum absolute atomic E-state index is 0.282. The van der Waals surface area contributed by atoms with Crippen molar-refractivity contribution in [1.82, 2.24) is 4.98 Å². The van der Waals surface area contributed by atoms with Crippen LogP contribution in [0.25, 0.3) is 0 Å². The maximum absolute atomic E-state index is 12.2. The molecule has 0 amide bonds. The zero-order chi connectivity index (χ0) is 12.5. The van der Waals surface area contributed by atoms with E-state index in [1.807, 2.05) is 12.3 Å². The fraction of sp³-hybridized carbons (Fsp3) is 0.714. The van der Waals surface area contributed by atoms with Gasteiger partial charge < -0.3 is 0 Å². The van der Waals surface area contributed by atoms with E-state index in [0.29, 0.717) is 17.6 Å². The number of aryl methyl sites for hydroxylation is 1. The Balaban J connectivity index is 1.89. The van der Waals surface area contributed by atoms with Crippen LogP contribution < -0.4 is 0 Å². The lowest BCUT2D eigenvalue weighted by molar-refractivity contribution is -0.123. The Morgan fingerprint density at radius 1 is 1.47 bits per heavy atom. The number of thiazole rings is 1. The van der Waals surface area contributed by atoms with E-state index in [-0.39, 0.29) is 5.92 Å². The van der Waals surface area contributed by atoms with E-state index in [0.717, 1.165) is 23.5 Å². The van der Waals surface area contributed by atoms with Crippen LogP contribution in [0.3, 0.4) is 0 Å². The average molecular weight is 251 g/mol. The minimum Gasteiger partial charge on any atom is -0.299 e. The molecule has 0 unspecified atom stereocenters. The van der Waals surface area contributed by atoms with Crippen LogP contribution in [0, 0.1) is 18.3 Å². The fourth-order valence-electron chi connectivity index (χ4n) is 2.53. The Morgan fingerprint density at radius 3 is 2.65 bits per heavy atom. The summed E-state index contributed by atoms with van der Waals surface area (Å²) in [6, 6.07) is 0. The molecule has 2 nitrogen and oxygen atoms in total. The van der Waals surface area contributed by atoms with Gasteiger partial charge in [-0.05, 0) is 38.0 Å². The minimum atomic E-state index is 0.282. The highest BCUT2D eigenvalue weighted by molar-refractivity contribution is 7.09. The maximum Gasteiger partial charge on any atom is 0.141 e. The van der Waals surface area contributed by atoms with Gasteiger partial charge in [-0.15, -0.1) is 11.3 Å². The monoisotopic (exact) mass is 251 g/mol. The van der Waals surface area contributed by atoms with Crippen LogP contribution in [-0.4, -0.2) is 10.8 Å². The second-order valence-electron chi connectivity index (χ2n) is 5.94. The molecule has 1 aromatic rings. The number of hydrogen-bond acceptors (Lipinski definition) is 3. The van der Waals surface area contributed by atoms with Crippen LogP contribution >= 0.6 is 11.3 Å². The molecule has 1 fully saturated rings. The van der Waals surface area contributed by atoms with Crippen molar-refractivity contribution < 1.29 is 4.79 Å². The summed E-state index contributed by atoms with van der Waals surface area (Å²) in [5.41, 5.74) is 1.40. The number of carbonyl (C=O) groups excluding carboxylic acids is 1. The van der Waals surface area contributed by atoms with Crippen molar-refractivity contribution in [3.63, 3.8) is 0 Å². The number of ketones is 1. The molecule has 1 aromatic heterocycles. The molecular formula is C14H21NOS. The normalized spacial score (nSPS) is 20.4. The van der Waals surface area contributed by atoms with E-state index in [2.05, 4.69) is 18.8 Å². The van der Waals surface area contributed by atoms with Gasteiger partial charge >= 0.3 is 0 Å². The molecule has 1 saturated carbocycles. The number of nitrogens with zero attached hydrogens (tertiary/aromatic N) is 1. The first kappa shape index (κ1) is 12.7. The first-order chi connectivity index (χ1) is 7.96. The quantitative estimate of drug-likeness (QED) is 0.818. The Morgan fingerprint density at radius 2 is 2.12 bits per heavy atom. The predicted octanol–water partition coefficient (Wildman–Crippen LogP) is 3.78. The summed E-state index contributed by atoms with van der Waals surface area (Å²) in [6.45, 7) is 6.59. The maximum atomic E-state index is 12.2. The molecule has 1 aliphatic rings. The van der Waals surface area contributed by atoms with E-state index in [4.69, 9.17) is 0 Å². The SMILES string of the molecule is Cc1nc(CC(=O)C2CCC(C)(C)CC2)cs1. The van der Waals surface area contributed by atoms with Crippen molar-refractivity contribution in [3.05, 3.63) is 16.1 Å². The molecule has 0 aliphatic heterocycles. The van der Waals surface area contributed by atoms with Crippen molar-refractivity contribution >= 4 is 17.1 Å². The fourth-order valence-corrected chi connectivity index (χ4v) is 3.15. The molecule has 94 valence electrons. The molecule has 3 heteroatoms. The summed E-state index contributed by atoms with van der Waals surface area (Å²) in [7, 11) is 0. The number of rotatable bonds is 3. The lowest BCUT2D eigenvalue weighted by Crippen LogP contribution is -2.27. The van der Waals surface area contributed by atoms with Crippen LogP contribution in [0.2, 0.25) is 0 Å². The number of carbonyl (C=O) groups is 1. The Kier molecular flexibility index (Phi) is 3.67. The largest absolute Gasteiger partial charge is 0.299 e. The summed E-state index contributed by atoms with van der Waals surface area (Å²) >= 11 is 1.63. The molecule has 0 N–H and O–H groups in total. The van der Waals surface area contributed by atoms with Crippen LogP contribution in [0.1, 0.15) is 50.2 Å². The number of aromatic nitrogens is 1. The molecule has 0 saturated heterocycles. The van der Waals surface area contributed by atoms with Crippen LogP contribution in [0.4, 0.5) is 0 Å². The second kappa shape index (κ2) is 4.89. The average Bonchev–Trinajstić information content (AvgIpc) is 2.63. The zero-order valence-electron chi connectivity index (χ0n) is 11.0. The van der Waals surface area contributed by atoms with E-state index < -0.39 is 0 Å². The highest BCUT2D eigenvalue weighted by Crippen LogP contribution is 2.38. The molecular weight excluding hydrogens is 230 g/mol. The standard InChI is InChI=1S/C14H21NOS/c1-10-15-12(9-17-10)8-13(16)11-4-6-14(2,3)7-5-11/h9,11H,4-8H2,1-3H3. The van der Waals surface area contributed by atoms with Crippen molar-refractivity contribution in [2.75, 3.05) is 0 Å². The van der Waals surface area contributed by atoms with E-state index in [9.17, 15) is 4.79 Å². The van der Waals surface area contributed by atoms with Gasteiger partial charge in [0.25, 0.3) is 0 Å². The summed E-state index contributed by atoms with van der Waals surface area (Å²) in [4.78, 5) is 16.5. The molecule has 0 aromatic carbocycles. The Bertz CT molecular complexity index is 398. The summed E-state index contributed by atoms with van der Waals surface area (Å²) in [5.74, 6) is 0.677. The lowest BCUT2D eigenvalue weighted by Gasteiger charge is -2.33. The number of Topliss-reactive ketones (excluding diaryl/α,β-unsaturated/α-hetero) is 1. The van der Waals surface area contributed by atoms with Crippen LogP contribution in [0.5, 0.6) is 0 Å². The number of hydrogen-bond donors (Lipinski definition) is 0. The topological polar surface area (TPSA) is 30.0 Å². The third kappa shape index (κ3) is 3.38. The first-order valence-corrected chi connectivity index (χ1v) is 7.28. The molecule has 0 atom stereocenters. The summed E-state index contributed by atoms with van der Waals surface area (Å²) in [5, 5.41) is 3.07. The van der Waals surface area contributed by atoms with Gasteiger partial charge in [-0.2, -0.15) is 0 Å². The van der Waals surface area contributed by atoms with Crippen molar-refractivity contribution in [2.45, 2.75) is 52.9 Å². The van der Waals surface area contributed by atoms with Crippen molar-refractivity contribution in [1.29, 1.82) is 0 Å². The van der Waals surface area contributed by atoms with Crippen molar-refractivity contribution in [3.8, 4) is 0 Å². The van der Waals surface area contributed by atoms with Gasteiger partial charge in [0, 0.05) is 17.7 Å². The first-order valence-electron chi connectivity index (χ1n) is 6.40. The highest BCUT2D eigenvalue weighted by atomic mass is 32.1. The van der Waals surface area contributed by atoms with Gasteiger partial charge in [0.05, 0.1) is 10.7 Å². The Hall–Kier alpha value is -0.700. The Labute approximate surface area is 107 Å². The zero-order valence-corrected chi connectivity index (χ0v) is 11.8. The van der Waals surface area contributed by atoms with E-state index in [1.165, 1.54) is 12.8 Å². The summed E-state index contributed by atoms with van der Waals surface area (Å²) < 4.78 is 0. The third-order valence-corrected chi connectivity index (χ3v) is 4.64. The van der Waals surface area contributed by atoms with Crippen molar-refractivity contribution in [2.24, 2.45) is 11.3 Å². The molecule has 0 bridgehead atoms. The molecule has 17 heavy (non-hydrogen) atoms. The van der Waals surface area contributed by atoms with Crippen LogP contribution in [-0.2, 0) is 11.2 Å². The molecule has 0 radical (unpaired) electrons. The third-order valence-electron chi connectivity index (χ3n) is 3.82. The van der Waals surface area contributed by atoms with Crippen LogP contribution in [0.15, 0.2) is 5.38 Å². The molecule has 1 heterocycles. The molecule has 2 rings (SSSR count). The summed E-state index contributed by atoms with van der Waals surface area (Å²) in [6.07, 6.45) is 5.03. The predicted molar refractivity (Wildman–Crippen MR) is 71.3 cm³/mol. The van der Waals surface area contributed by atoms with E-state index >= 15 is 0 Å². The van der Waals surface area contributed by atoms with Gasteiger partial charge in [-0.1, -0.05) is 13.8 Å². The van der Waals surface area contributed by atoms with Gasteiger partial charge in [0.2, 0.25) is 0 Å². The smallest absolute Gasteiger partial charge is 0.141 e. The highest BCUT2D eigenvalue weighted by Gasteiger charge is 2.30. The van der Waals surface area contributed by atoms with Gasteiger partial charge in [-0.25, -0.2) is 4.98 Å². The van der Waals surface area contributed by atoms with Gasteiger partial charge in [0.15, 0.2) is 0 Å². The van der Waals surface area contributed by atoms with Gasteiger partial charge in [-0.3, -0.25) is 4.79 Å². The second-order valence-corrected chi connectivity index (χ2v) is 7.00. The van der Waals surface area contributed by atoms with E-state index in [1.54, 1.807) is 11.3 Å². The lowest BCUT2D eigenvalue weighted by atomic mass is 9.71. The molecule has 1 aliphatic carbocycles. The van der Waals surface area contributed by atoms with Gasteiger partial charge in [0.1, 0.15) is 5.78 Å². The molecule has 0 spiro atoms.